The summed E-state index contributed by atoms with van der Waals surface area (Å²) in [4.78, 5) is 11.0. The lowest BCUT2D eigenvalue weighted by Gasteiger charge is -2.14. The molecule has 0 amide bonds. The van der Waals surface area contributed by atoms with E-state index >= 15 is 0 Å². The highest BCUT2D eigenvalue weighted by Crippen LogP contribution is 2.25. The summed E-state index contributed by atoms with van der Waals surface area (Å²) in [5.74, 6) is -1.06. The molecule has 1 fully saturated rings. The van der Waals surface area contributed by atoms with Gasteiger partial charge in [-0.3, -0.25) is 0 Å². The van der Waals surface area contributed by atoms with Crippen molar-refractivity contribution in [1.82, 2.24) is 0 Å². The molecule has 1 heterocycles. The number of ether oxygens (including phenoxy) is 2. The van der Waals surface area contributed by atoms with Crippen LogP contribution in [0.25, 0.3) is 0 Å². The minimum Gasteiger partial charge on any atom is -0.432 e. The van der Waals surface area contributed by atoms with Crippen molar-refractivity contribution in [3.8, 4) is 0 Å². The molecule has 0 bridgehead atoms. The Balaban J connectivity index is 2.59. The Morgan fingerprint density at radius 1 is 1.73 bits per heavy atom. The van der Waals surface area contributed by atoms with Crippen molar-refractivity contribution in [3.63, 3.8) is 0 Å². The maximum Gasteiger partial charge on any atom is 0.338 e. The maximum atomic E-state index is 11.0. The molecular formula is C8H12O3. The molecule has 0 aromatic carbocycles. The van der Waals surface area contributed by atoms with Crippen LogP contribution in [-0.4, -0.2) is 17.9 Å². The topological polar surface area (TPSA) is 35.5 Å². The van der Waals surface area contributed by atoms with Crippen molar-refractivity contribution < 1.29 is 14.3 Å². The summed E-state index contributed by atoms with van der Waals surface area (Å²) in [5.41, 5.74) is 0. The number of hydrogen-bond acceptors (Lipinski definition) is 3. The van der Waals surface area contributed by atoms with E-state index in [9.17, 15) is 4.79 Å². The third-order valence-electron chi connectivity index (χ3n) is 1.42. The van der Waals surface area contributed by atoms with Crippen molar-refractivity contribution in [2.45, 2.75) is 32.2 Å². The van der Waals surface area contributed by atoms with Crippen molar-refractivity contribution in [2.75, 3.05) is 0 Å². The van der Waals surface area contributed by atoms with E-state index in [0.29, 0.717) is 6.42 Å². The van der Waals surface area contributed by atoms with E-state index in [1.165, 1.54) is 0 Å². The second kappa shape index (κ2) is 2.66. The lowest BCUT2D eigenvalue weighted by atomic mass is 10.2. The van der Waals surface area contributed by atoms with Crippen molar-refractivity contribution in [2.24, 2.45) is 0 Å². The van der Waals surface area contributed by atoms with Crippen LogP contribution in [0.15, 0.2) is 12.7 Å². The highest BCUT2D eigenvalue weighted by Gasteiger charge is 2.39. The SMILES string of the molecule is C=CC[C@H]1OC(C)(C)OC1=O. The van der Waals surface area contributed by atoms with Gasteiger partial charge in [0.25, 0.3) is 0 Å². The smallest absolute Gasteiger partial charge is 0.338 e. The van der Waals surface area contributed by atoms with E-state index < -0.39 is 11.9 Å². The fourth-order valence-corrected chi connectivity index (χ4v) is 1.02. The second-order valence-corrected chi connectivity index (χ2v) is 2.95. The summed E-state index contributed by atoms with van der Waals surface area (Å²) >= 11 is 0. The molecule has 1 saturated heterocycles. The van der Waals surface area contributed by atoms with Crippen LogP contribution < -0.4 is 0 Å². The van der Waals surface area contributed by atoms with Crippen molar-refractivity contribution in [3.05, 3.63) is 12.7 Å². The van der Waals surface area contributed by atoms with Crippen LogP contribution in [0.5, 0.6) is 0 Å². The van der Waals surface area contributed by atoms with Gasteiger partial charge >= 0.3 is 5.97 Å². The average Bonchev–Trinajstić information content (AvgIpc) is 2.07. The molecule has 0 radical (unpaired) electrons. The van der Waals surface area contributed by atoms with Gasteiger partial charge in [-0.05, 0) is 0 Å². The minimum atomic E-state index is -0.759. The zero-order valence-corrected chi connectivity index (χ0v) is 6.79. The van der Waals surface area contributed by atoms with Crippen LogP contribution in [0, 0.1) is 0 Å². The van der Waals surface area contributed by atoms with Gasteiger partial charge in [0.1, 0.15) is 0 Å². The van der Waals surface area contributed by atoms with Gasteiger partial charge < -0.3 is 9.47 Å². The zero-order chi connectivity index (χ0) is 8.48. The molecule has 0 aromatic heterocycles. The molecule has 1 aliphatic rings. The first-order chi connectivity index (χ1) is 5.05. The van der Waals surface area contributed by atoms with Crippen LogP contribution >= 0.6 is 0 Å². The first kappa shape index (κ1) is 8.27. The number of hydrogen-bond donors (Lipinski definition) is 0. The Kier molecular flexibility index (Phi) is 2.00. The summed E-state index contributed by atoms with van der Waals surface area (Å²) < 4.78 is 10.2. The van der Waals surface area contributed by atoms with Gasteiger partial charge in [-0.1, -0.05) is 6.08 Å². The second-order valence-electron chi connectivity index (χ2n) is 2.95. The van der Waals surface area contributed by atoms with E-state index in [0.717, 1.165) is 0 Å². The monoisotopic (exact) mass is 156 g/mol. The van der Waals surface area contributed by atoms with Crippen LogP contribution in [0.4, 0.5) is 0 Å². The Labute approximate surface area is 66.0 Å². The van der Waals surface area contributed by atoms with Gasteiger partial charge in [0.15, 0.2) is 6.10 Å². The van der Waals surface area contributed by atoms with Gasteiger partial charge in [0.2, 0.25) is 5.79 Å². The molecule has 3 nitrogen and oxygen atoms in total. The van der Waals surface area contributed by atoms with E-state index in [4.69, 9.17) is 9.47 Å². The quantitative estimate of drug-likeness (QED) is 0.445. The average molecular weight is 156 g/mol. The van der Waals surface area contributed by atoms with Gasteiger partial charge in [0, 0.05) is 20.3 Å². The third kappa shape index (κ3) is 1.80. The van der Waals surface area contributed by atoms with Crippen LogP contribution in [-0.2, 0) is 14.3 Å². The van der Waals surface area contributed by atoms with E-state index in [2.05, 4.69) is 6.58 Å². The number of carbonyl (C=O) groups excluding carboxylic acids is 1. The summed E-state index contributed by atoms with van der Waals surface area (Å²) in [6.45, 7) is 6.95. The lowest BCUT2D eigenvalue weighted by molar-refractivity contribution is -0.160. The molecule has 0 N–H and O–H groups in total. The first-order valence-electron chi connectivity index (χ1n) is 3.57. The predicted octanol–water partition coefficient (Wildman–Crippen LogP) is 1.24. The van der Waals surface area contributed by atoms with E-state index in [1.54, 1.807) is 19.9 Å². The van der Waals surface area contributed by atoms with Gasteiger partial charge in [-0.25, -0.2) is 4.79 Å². The van der Waals surface area contributed by atoms with Gasteiger partial charge in [-0.15, -0.1) is 6.58 Å². The first-order valence-corrected chi connectivity index (χ1v) is 3.57. The molecule has 1 atom stereocenters. The maximum absolute atomic E-state index is 11.0. The Morgan fingerprint density at radius 2 is 2.36 bits per heavy atom. The third-order valence-corrected chi connectivity index (χ3v) is 1.42. The minimum absolute atomic E-state index is 0.296. The fraction of sp³-hybridized carbons (Fsp3) is 0.625. The zero-order valence-electron chi connectivity index (χ0n) is 6.79. The van der Waals surface area contributed by atoms with Crippen LogP contribution in [0.3, 0.4) is 0 Å². The highest BCUT2D eigenvalue weighted by molar-refractivity contribution is 5.76. The number of cyclic esters (lactones) is 1. The molecular weight excluding hydrogens is 144 g/mol. The molecule has 3 heteroatoms. The molecule has 0 spiro atoms. The van der Waals surface area contributed by atoms with Crippen molar-refractivity contribution in [1.29, 1.82) is 0 Å². The molecule has 62 valence electrons. The molecule has 0 unspecified atom stereocenters. The van der Waals surface area contributed by atoms with Gasteiger partial charge in [0.05, 0.1) is 0 Å². The summed E-state index contributed by atoms with van der Waals surface area (Å²) in [6.07, 6.45) is 1.71. The molecule has 0 aromatic rings. The van der Waals surface area contributed by atoms with E-state index in [-0.39, 0.29) is 5.97 Å². The Hall–Kier alpha value is -0.830. The predicted molar refractivity (Wildman–Crippen MR) is 39.9 cm³/mol. The molecule has 1 aliphatic heterocycles. The largest absolute Gasteiger partial charge is 0.432 e. The Morgan fingerprint density at radius 3 is 2.73 bits per heavy atom. The number of esters is 1. The van der Waals surface area contributed by atoms with E-state index in [1.807, 2.05) is 0 Å². The highest BCUT2D eigenvalue weighted by atomic mass is 16.8. The summed E-state index contributed by atoms with van der Waals surface area (Å²) in [7, 11) is 0. The van der Waals surface area contributed by atoms with Crippen LogP contribution in [0.2, 0.25) is 0 Å². The number of carbonyl (C=O) groups is 1. The molecule has 0 saturated carbocycles. The Bertz CT molecular complexity index is 184. The molecule has 0 aliphatic carbocycles. The number of rotatable bonds is 2. The lowest BCUT2D eigenvalue weighted by Crippen LogP contribution is -2.21. The molecule has 1 rings (SSSR count). The normalized spacial score (nSPS) is 28.2. The van der Waals surface area contributed by atoms with Crippen LogP contribution in [0.1, 0.15) is 20.3 Å². The summed E-state index contributed by atoms with van der Waals surface area (Å²) in [5, 5.41) is 0. The van der Waals surface area contributed by atoms with Gasteiger partial charge in [-0.2, -0.15) is 0 Å². The molecule has 11 heavy (non-hydrogen) atoms. The standard InChI is InChI=1S/C8H12O3/c1-4-5-6-7(9)11-8(2,3)10-6/h4,6H,1,5H2,2-3H3/t6-/m1/s1. The fourth-order valence-electron chi connectivity index (χ4n) is 1.02. The van der Waals surface area contributed by atoms with Crippen molar-refractivity contribution >= 4 is 5.97 Å². The summed E-state index contributed by atoms with van der Waals surface area (Å²) in [6, 6.07) is 0.